The van der Waals surface area contributed by atoms with Crippen molar-refractivity contribution in [2.24, 2.45) is 0 Å². The maximum absolute atomic E-state index is 5.96. The van der Waals surface area contributed by atoms with Gasteiger partial charge in [-0.05, 0) is 58.0 Å². The second kappa shape index (κ2) is 5.06. The molecule has 0 bridgehead atoms. The van der Waals surface area contributed by atoms with Gasteiger partial charge in [-0.15, -0.1) is 5.23 Å². The molecule has 1 saturated heterocycles. The van der Waals surface area contributed by atoms with Gasteiger partial charge in [0.25, 0.3) is 0 Å². The molecule has 1 aromatic heterocycles. The van der Waals surface area contributed by atoms with Gasteiger partial charge in [0.1, 0.15) is 16.7 Å². The van der Waals surface area contributed by atoms with Crippen LogP contribution in [-0.4, -0.2) is 16.2 Å². The molecule has 0 spiro atoms. The lowest BCUT2D eigenvalue weighted by molar-refractivity contribution is -0.0272. The Bertz CT molecular complexity index is 849. The van der Waals surface area contributed by atoms with Gasteiger partial charge in [-0.1, -0.05) is 18.2 Å². The molecule has 2 aromatic carbocycles. The van der Waals surface area contributed by atoms with Crippen LogP contribution in [0.5, 0.6) is 0 Å². The van der Waals surface area contributed by atoms with Crippen LogP contribution in [0, 0.1) is 0 Å². The predicted octanol–water partition coefficient (Wildman–Crippen LogP) is 4.74. The summed E-state index contributed by atoms with van der Waals surface area (Å²) in [6.07, 6.45) is 0. The van der Waals surface area contributed by atoms with Crippen molar-refractivity contribution < 1.29 is 14.1 Å². The van der Waals surface area contributed by atoms with Crippen molar-refractivity contribution >= 4 is 16.8 Å². The summed E-state index contributed by atoms with van der Waals surface area (Å²) in [5.41, 5.74) is 2.43. The highest BCUT2D eigenvalue weighted by Crippen LogP contribution is 2.40. The molecule has 0 saturated carbocycles. The molecule has 0 atom stereocenters. The Morgan fingerprint density at radius 1 is 0.875 bits per heavy atom. The lowest BCUT2D eigenvalue weighted by Gasteiger charge is -2.26. The first-order valence-corrected chi connectivity index (χ1v) is 8.00. The largest absolute Gasteiger partial charge is 0.436 e. The minimum atomic E-state index is -0.430. The molecule has 0 N–H and O–H groups in total. The summed E-state index contributed by atoms with van der Waals surface area (Å²) in [5.74, 6) is 0.579. The number of nitrogens with zero attached hydrogens (tertiary/aromatic N) is 2. The van der Waals surface area contributed by atoms with E-state index in [2.05, 4.69) is 4.98 Å². The summed E-state index contributed by atoms with van der Waals surface area (Å²) in [4.78, 5) is 16.5. The fraction of sp³-hybridized carbons (Fsp3) is 0.316. The standard InChI is InChI=1S/C19H20N2O3/c1-18(2)19(3,4)24-21(23-18)14-9-7-8-13(12-14)17-20-15-10-5-6-11-16(15)22-17/h5-12H,1-4H3. The highest BCUT2D eigenvalue weighted by Gasteiger charge is 2.50. The number of rotatable bonds is 2. The van der Waals surface area contributed by atoms with E-state index in [0.29, 0.717) is 5.89 Å². The third-order valence-electron chi connectivity index (χ3n) is 4.67. The van der Waals surface area contributed by atoms with Crippen LogP contribution in [0.2, 0.25) is 0 Å². The molecule has 4 rings (SSSR count). The Labute approximate surface area is 140 Å². The molecule has 3 aromatic rings. The number of aromatic nitrogens is 1. The van der Waals surface area contributed by atoms with Crippen molar-refractivity contribution in [3.05, 3.63) is 48.5 Å². The first-order valence-electron chi connectivity index (χ1n) is 8.00. The molecule has 5 heteroatoms. The van der Waals surface area contributed by atoms with Crippen LogP contribution in [0.1, 0.15) is 27.7 Å². The van der Waals surface area contributed by atoms with Gasteiger partial charge in [-0.2, -0.15) is 0 Å². The predicted molar refractivity (Wildman–Crippen MR) is 92.3 cm³/mol. The van der Waals surface area contributed by atoms with Crippen molar-refractivity contribution in [2.75, 3.05) is 5.23 Å². The van der Waals surface area contributed by atoms with Crippen LogP contribution in [0.4, 0.5) is 5.69 Å². The van der Waals surface area contributed by atoms with Crippen molar-refractivity contribution in [1.29, 1.82) is 0 Å². The maximum atomic E-state index is 5.96. The number of oxazole rings is 1. The molecule has 0 aliphatic carbocycles. The van der Waals surface area contributed by atoms with Crippen molar-refractivity contribution in [3.8, 4) is 11.5 Å². The number of para-hydroxylation sites is 2. The Kier molecular flexibility index (Phi) is 3.20. The Hall–Kier alpha value is -2.37. The van der Waals surface area contributed by atoms with E-state index >= 15 is 0 Å². The zero-order chi connectivity index (χ0) is 16.9. The summed E-state index contributed by atoms with van der Waals surface area (Å²) in [7, 11) is 0. The van der Waals surface area contributed by atoms with Crippen LogP contribution in [0.25, 0.3) is 22.6 Å². The van der Waals surface area contributed by atoms with E-state index < -0.39 is 11.2 Å². The zero-order valence-electron chi connectivity index (χ0n) is 14.2. The number of benzene rings is 2. The molecule has 2 heterocycles. The van der Waals surface area contributed by atoms with Crippen molar-refractivity contribution in [3.63, 3.8) is 0 Å². The fourth-order valence-corrected chi connectivity index (χ4v) is 2.51. The van der Waals surface area contributed by atoms with Gasteiger partial charge in [-0.25, -0.2) is 14.7 Å². The molecule has 24 heavy (non-hydrogen) atoms. The SMILES string of the molecule is CC1(C)ON(c2cccc(-c3nc4ccccc4o3)c2)OC1(C)C. The summed E-state index contributed by atoms with van der Waals surface area (Å²) in [5, 5.41) is 1.48. The first-order chi connectivity index (χ1) is 11.4. The first kappa shape index (κ1) is 15.2. The lowest BCUT2D eigenvalue weighted by atomic mass is 9.90. The van der Waals surface area contributed by atoms with Gasteiger partial charge in [0.2, 0.25) is 5.89 Å². The van der Waals surface area contributed by atoms with E-state index in [1.54, 1.807) is 0 Å². The summed E-state index contributed by atoms with van der Waals surface area (Å²) in [6.45, 7) is 8.05. The molecule has 124 valence electrons. The number of hydrogen-bond acceptors (Lipinski definition) is 5. The molecule has 1 aliphatic heterocycles. The molecular formula is C19H20N2O3. The third kappa shape index (κ3) is 2.37. The van der Waals surface area contributed by atoms with Crippen LogP contribution in [0.3, 0.4) is 0 Å². The van der Waals surface area contributed by atoms with E-state index in [1.807, 2.05) is 76.2 Å². The lowest BCUT2D eigenvalue weighted by Crippen LogP contribution is -2.41. The topological polar surface area (TPSA) is 47.7 Å². The quantitative estimate of drug-likeness (QED) is 0.681. The van der Waals surface area contributed by atoms with Crippen LogP contribution in [0.15, 0.2) is 52.9 Å². The molecule has 0 amide bonds. The van der Waals surface area contributed by atoms with E-state index in [1.165, 1.54) is 5.23 Å². The Morgan fingerprint density at radius 3 is 2.29 bits per heavy atom. The molecule has 5 nitrogen and oxygen atoms in total. The van der Waals surface area contributed by atoms with E-state index in [4.69, 9.17) is 14.1 Å². The van der Waals surface area contributed by atoms with Gasteiger partial charge in [0.15, 0.2) is 5.58 Å². The zero-order valence-corrected chi connectivity index (χ0v) is 14.2. The van der Waals surface area contributed by atoms with E-state index in [0.717, 1.165) is 22.4 Å². The maximum Gasteiger partial charge on any atom is 0.227 e. The summed E-state index contributed by atoms with van der Waals surface area (Å²) >= 11 is 0. The fourth-order valence-electron chi connectivity index (χ4n) is 2.51. The van der Waals surface area contributed by atoms with Gasteiger partial charge in [0.05, 0.1) is 5.69 Å². The second-order valence-electron chi connectivity index (χ2n) is 7.00. The summed E-state index contributed by atoms with van der Waals surface area (Å²) < 4.78 is 5.84. The highest BCUT2D eigenvalue weighted by atomic mass is 17.0. The van der Waals surface area contributed by atoms with Crippen LogP contribution in [-0.2, 0) is 9.68 Å². The molecule has 0 unspecified atom stereocenters. The average molecular weight is 324 g/mol. The monoisotopic (exact) mass is 324 g/mol. The normalized spacial score (nSPS) is 19.1. The van der Waals surface area contributed by atoms with E-state index in [9.17, 15) is 0 Å². The number of anilines is 1. The molecule has 1 fully saturated rings. The highest BCUT2D eigenvalue weighted by molar-refractivity contribution is 5.76. The Morgan fingerprint density at radius 2 is 1.58 bits per heavy atom. The van der Waals surface area contributed by atoms with Crippen LogP contribution >= 0.6 is 0 Å². The minimum absolute atomic E-state index is 0.430. The average Bonchev–Trinajstić information content (AvgIpc) is 3.06. The van der Waals surface area contributed by atoms with Gasteiger partial charge < -0.3 is 4.42 Å². The second-order valence-corrected chi connectivity index (χ2v) is 7.00. The minimum Gasteiger partial charge on any atom is -0.436 e. The number of hydrogen-bond donors (Lipinski definition) is 0. The van der Waals surface area contributed by atoms with Crippen molar-refractivity contribution in [2.45, 2.75) is 38.9 Å². The molecule has 0 radical (unpaired) electrons. The summed E-state index contributed by atoms with van der Waals surface area (Å²) in [6, 6.07) is 15.5. The van der Waals surface area contributed by atoms with Gasteiger partial charge >= 0.3 is 0 Å². The smallest absolute Gasteiger partial charge is 0.227 e. The number of fused-ring (bicyclic) bond motifs is 1. The van der Waals surface area contributed by atoms with E-state index in [-0.39, 0.29) is 0 Å². The molecular weight excluding hydrogens is 304 g/mol. The Balaban J connectivity index is 1.70. The van der Waals surface area contributed by atoms with Gasteiger partial charge in [-0.3, -0.25) is 0 Å². The van der Waals surface area contributed by atoms with Gasteiger partial charge in [0, 0.05) is 5.56 Å². The van der Waals surface area contributed by atoms with Crippen molar-refractivity contribution in [1.82, 2.24) is 4.98 Å². The van der Waals surface area contributed by atoms with Crippen LogP contribution < -0.4 is 5.23 Å². The third-order valence-corrected chi connectivity index (χ3v) is 4.67. The molecule has 1 aliphatic rings.